The molecule has 1 aromatic heterocycles. The standard InChI is InChI=1S/C25H36O3/c1-6-7-8-9-17-27-24(26)23-15-13-21(28-23)18-19(2)12-14-22-20(3)11-10-16-25(22,4)5/h12-15,18H,6-11,16-17H2,1-5H3. The van der Waals surface area contributed by atoms with Gasteiger partial charge in [-0.15, -0.1) is 0 Å². The molecule has 0 aliphatic heterocycles. The third-order valence-electron chi connectivity index (χ3n) is 5.48. The monoisotopic (exact) mass is 384 g/mol. The van der Waals surface area contributed by atoms with Crippen LogP contribution in [0.5, 0.6) is 0 Å². The molecule has 0 radical (unpaired) electrons. The first kappa shape index (κ1) is 22.3. The first-order valence-corrected chi connectivity index (χ1v) is 10.7. The molecule has 0 atom stereocenters. The molecule has 0 spiro atoms. The third-order valence-corrected chi connectivity index (χ3v) is 5.48. The molecule has 0 fully saturated rings. The van der Waals surface area contributed by atoms with Crippen molar-refractivity contribution in [2.45, 2.75) is 79.6 Å². The normalized spacial score (nSPS) is 17.4. The second-order valence-corrected chi connectivity index (χ2v) is 8.55. The molecule has 0 unspecified atom stereocenters. The molecule has 0 amide bonds. The molecule has 0 bridgehead atoms. The Morgan fingerprint density at radius 2 is 2.04 bits per heavy atom. The lowest BCUT2D eigenvalue weighted by molar-refractivity contribution is 0.0461. The highest BCUT2D eigenvalue weighted by Crippen LogP contribution is 2.40. The summed E-state index contributed by atoms with van der Waals surface area (Å²) in [5.41, 5.74) is 4.26. The van der Waals surface area contributed by atoms with Crippen molar-refractivity contribution in [1.82, 2.24) is 0 Å². The summed E-state index contributed by atoms with van der Waals surface area (Å²) >= 11 is 0. The van der Waals surface area contributed by atoms with Crippen LogP contribution >= 0.6 is 0 Å². The number of rotatable bonds is 9. The molecule has 28 heavy (non-hydrogen) atoms. The predicted octanol–water partition coefficient (Wildman–Crippen LogP) is 7.50. The Morgan fingerprint density at radius 3 is 2.75 bits per heavy atom. The number of hydrogen-bond donors (Lipinski definition) is 0. The number of ether oxygens (including phenoxy) is 1. The van der Waals surface area contributed by atoms with Gasteiger partial charge < -0.3 is 9.15 Å². The fourth-order valence-corrected chi connectivity index (χ4v) is 3.80. The van der Waals surface area contributed by atoms with E-state index in [0.717, 1.165) is 18.4 Å². The molecule has 154 valence electrons. The highest BCUT2D eigenvalue weighted by molar-refractivity contribution is 5.86. The van der Waals surface area contributed by atoms with Gasteiger partial charge in [-0.3, -0.25) is 0 Å². The van der Waals surface area contributed by atoms with Crippen molar-refractivity contribution < 1.29 is 13.9 Å². The molecule has 0 saturated heterocycles. The van der Waals surface area contributed by atoms with Crippen molar-refractivity contribution in [1.29, 1.82) is 0 Å². The largest absolute Gasteiger partial charge is 0.460 e. The minimum Gasteiger partial charge on any atom is -0.460 e. The molecular weight excluding hydrogens is 348 g/mol. The Morgan fingerprint density at radius 1 is 1.25 bits per heavy atom. The molecule has 3 heteroatoms. The van der Waals surface area contributed by atoms with Crippen LogP contribution in [-0.4, -0.2) is 12.6 Å². The van der Waals surface area contributed by atoms with Crippen LogP contribution in [0.15, 0.2) is 45.4 Å². The zero-order valence-corrected chi connectivity index (χ0v) is 18.3. The molecule has 1 aliphatic carbocycles. The number of allylic oxidation sites excluding steroid dienone is 5. The van der Waals surface area contributed by atoms with Gasteiger partial charge >= 0.3 is 5.97 Å². The third kappa shape index (κ3) is 6.54. The first-order valence-electron chi connectivity index (χ1n) is 10.7. The highest BCUT2D eigenvalue weighted by Gasteiger charge is 2.26. The molecular formula is C25H36O3. The molecule has 3 nitrogen and oxygen atoms in total. The summed E-state index contributed by atoms with van der Waals surface area (Å²) in [6.45, 7) is 11.6. The van der Waals surface area contributed by atoms with Gasteiger partial charge in [0.05, 0.1) is 6.61 Å². The van der Waals surface area contributed by atoms with E-state index in [1.807, 2.05) is 12.1 Å². The van der Waals surface area contributed by atoms with Gasteiger partial charge in [-0.2, -0.15) is 0 Å². The number of esters is 1. The highest BCUT2D eigenvalue weighted by atomic mass is 16.5. The minimum absolute atomic E-state index is 0.234. The van der Waals surface area contributed by atoms with Gasteiger partial charge in [0.2, 0.25) is 5.76 Å². The molecule has 1 aromatic rings. The van der Waals surface area contributed by atoms with E-state index in [4.69, 9.17) is 9.15 Å². The summed E-state index contributed by atoms with van der Waals surface area (Å²) in [4.78, 5) is 12.1. The van der Waals surface area contributed by atoms with Crippen LogP contribution in [0, 0.1) is 5.41 Å². The second-order valence-electron chi connectivity index (χ2n) is 8.55. The lowest BCUT2D eigenvalue weighted by Crippen LogP contribution is -2.19. The topological polar surface area (TPSA) is 39.4 Å². The summed E-state index contributed by atoms with van der Waals surface area (Å²) in [5, 5.41) is 0. The van der Waals surface area contributed by atoms with Crippen LogP contribution < -0.4 is 0 Å². The van der Waals surface area contributed by atoms with Crippen molar-refractivity contribution in [3.05, 3.63) is 52.5 Å². The number of hydrogen-bond acceptors (Lipinski definition) is 3. The summed E-state index contributed by atoms with van der Waals surface area (Å²) in [7, 11) is 0. The smallest absolute Gasteiger partial charge is 0.374 e. The lowest BCUT2D eigenvalue weighted by atomic mass is 9.72. The maximum Gasteiger partial charge on any atom is 0.374 e. The van der Waals surface area contributed by atoms with E-state index in [2.05, 4.69) is 46.8 Å². The van der Waals surface area contributed by atoms with Crippen LogP contribution in [0.1, 0.15) is 95.9 Å². The number of unbranched alkanes of at least 4 members (excludes halogenated alkanes) is 3. The summed E-state index contributed by atoms with van der Waals surface area (Å²) in [6.07, 6.45) is 14.4. The molecule has 1 heterocycles. The van der Waals surface area contributed by atoms with Crippen LogP contribution in [0.4, 0.5) is 0 Å². The van der Waals surface area contributed by atoms with Crippen molar-refractivity contribution in [2.24, 2.45) is 5.41 Å². The Hall–Kier alpha value is -2.03. The fourth-order valence-electron chi connectivity index (χ4n) is 3.80. The van der Waals surface area contributed by atoms with Gasteiger partial charge in [0.1, 0.15) is 5.76 Å². The van der Waals surface area contributed by atoms with E-state index < -0.39 is 0 Å². The van der Waals surface area contributed by atoms with Gasteiger partial charge in [-0.1, -0.05) is 57.8 Å². The van der Waals surface area contributed by atoms with E-state index in [9.17, 15) is 4.79 Å². The van der Waals surface area contributed by atoms with E-state index >= 15 is 0 Å². The molecule has 2 rings (SSSR count). The predicted molar refractivity (Wildman–Crippen MR) is 116 cm³/mol. The van der Waals surface area contributed by atoms with E-state index in [1.165, 1.54) is 43.3 Å². The lowest BCUT2D eigenvalue weighted by Gasteiger charge is -2.32. The molecule has 0 aromatic carbocycles. The van der Waals surface area contributed by atoms with Crippen LogP contribution in [0.25, 0.3) is 6.08 Å². The summed E-state index contributed by atoms with van der Waals surface area (Å²) in [5.74, 6) is 0.563. The van der Waals surface area contributed by atoms with Gasteiger partial charge in [-0.25, -0.2) is 4.79 Å². The quantitative estimate of drug-likeness (QED) is 0.251. The maximum absolute atomic E-state index is 12.1. The average molecular weight is 385 g/mol. The van der Waals surface area contributed by atoms with Crippen LogP contribution in [0.2, 0.25) is 0 Å². The van der Waals surface area contributed by atoms with Crippen molar-refractivity contribution in [3.8, 4) is 0 Å². The summed E-state index contributed by atoms with van der Waals surface area (Å²) < 4.78 is 10.9. The number of carbonyl (C=O) groups is 1. The minimum atomic E-state index is -0.380. The number of furan rings is 1. The van der Waals surface area contributed by atoms with E-state index in [0.29, 0.717) is 12.4 Å². The zero-order chi connectivity index (χ0) is 20.6. The van der Waals surface area contributed by atoms with Crippen LogP contribution in [0.3, 0.4) is 0 Å². The number of carbonyl (C=O) groups excluding carboxylic acids is 1. The average Bonchev–Trinajstić information content (AvgIpc) is 3.09. The van der Waals surface area contributed by atoms with Gasteiger partial charge in [-0.05, 0) is 74.3 Å². The second kappa shape index (κ2) is 10.5. The first-order chi connectivity index (χ1) is 13.3. The van der Waals surface area contributed by atoms with Gasteiger partial charge in [0, 0.05) is 0 Å². The SMILES string of the molecule is CCCCCCOC(=O)c1ccc(C=C(C)C=CC2=C(C)CCCC2(C)C)o1. The van der Waals surface area contributed by atoms with E-state index in [-0.39, 0.29) is 17.1 Å². The summed E-state index contributed by atoms with van der Waals surface area (Å²) in [6, 6.07) is 3.51. The Labute approximate surface area is 170 Å². The van der Waals surface area contributed by atoms with Gasteiger partial charge in [0.15, 0.2) is 0 Å². The molecule has 1 aliphatic rings. The fraction of sp³-hybridized carbons (Fsp3) is 0.560. The zero-order valence-electron chi connectivity index (χ0n) is 18.3. The van der Waals surface area contributed by atoms with E-state index in [1.54, 1.807) is 6.07 Å². The Bertz CT molecular complexity index is 744. The van der Waals surface area contributed by atoms with Gasteiger partial charge in [0.25, 0.3) is 0 Å². The van der Waals surface area contributed by atoms with Crippen molar-refractivity contribution in [2.75, 3.05) is 6.61 Å². The molecule has 0 saturated carbocycles. The maximum atomic E-state index is 12.1. The Balaban J connectivity index is 1.95. The Kier molecular flexibility index (Phi) is 8.35. The van der Waals surface area contributed by atoms with Crippen LogP contribution in [-0.2, 0) is 4.74 Å². The van der Waals surface area contributed by atoms with Crippen molar-refractivity contribution >= 4 is 12.0 Å². The molecule has 0 N–H and O–H groups in total. The van der Waals surface area contributed by atoms with Crippen molar-refractivity contribution in [3.63, 3.8) is 0 Å².